The minimum absolute atomic E-state index is 0.332. The van der Waals surface area contributed by atoms with Crippen LogP contribution in [0.2, 0.25) is 0 Å². The summed E-state index contributed by atoms with van der Waals surface area (Å²) >= 11 is 0. The highest BCUT2D eigenvalue weighted by Crippen LogP contribution is 2.28. The maximum absolute atomic E-state index is 5.26. The molecule has 0 radical (unpaired) electrons. The van der Waals surface area contributed by atoms with Crippen LogP contribution in [0.15, 0.2) is 0 Å². The van der Waals surface area contributed by atoms with Crippen molar-refractivity contribution in [1.82, 2.24) is 25.0 Å². The smallest absolute Gasteiger partial charge is 0.167 e. The fraction of sp³-hybridized carbons (Fsp3) is 0.895. The zero-order chi connectivity index (χ0) is 17.5. The second kappa shape index (κ2) is 9.64. The standard InChI is InChI=1S/C19H35N5O/c1-16-20-19(22-21-16)18-9-11-23(15-17-7-4-3-5-8-17)12-13-24(18)10-6-14-25-2/h17-18H,3-15H2,1-2H3,(H,20,21,22). The summed E-state index contributed by atoms with van der Waals surface area (Å²) in [5.74, 6) is 2.79. The second-order valence-electron chi connectivity index (χ2n) is 7.77. The molecule has 1 N–H and O–H groups in total. The van der Waals surface area contributed by atoms with Gasteiger partial charge in [-0.1, -0.05) is 19.3 Å². The molecule has 1 aliphatic heterocycles. The van der Waals surface area contributed by atoms with Crippen molar-refractivity contribution in [3.63, 3.8) is 0 Å². The van der Waals surface area contributed by atoms with Crippen LogP contribution < -0.4 is 0 Å². The van der Waals surface area contributed by atoms with Crippen LogP contribution >= 0.6 is 0 Å². The van der Waals surface area contributed by atoms with Crippen molar-refractivity contribution in [2.45, 2.75) is 57.9 Å². The van der Waals surface area contributed by atoms with E-state index in [-0.39, 0.29) is 0 Å². The van der Waals surface area contributed by atoms with Crippen LogP contribution in [-0.2, 0) is 4.74 Å². The van der Waals surface area contributed by atoms with Crippen LogP contribution in [0.1, 0.15) is 62.6 Å². The molecule has 1 atom stereocenters. The first-order chi connectivity index (χ1) is 12.3. The summed E-state index contributed by atoms with van der Waals surface area (Å²) in [5.41, 5.74) is 0. The number of hydrogen-bond donors (Lipinski definition) is 1. The van der Waals surface area contributed by atoms with Crippen molar-refractivity contribution in [2.24, 2.45) is 5.92 Å². The van der Waals surface area contributed by atoms with E-state index in [9.17, 15) is 0 Å². The average Bonchev–Trinajstić information content (AvgIpc) is 2.95. The van der Waals surface area contributed by atoms with E-state index in [4.69, 9.17) is 4.74 Å². The first-order valence-corrected chi connectivity index (χ1v) is 10.1. The molecule has 2 fully saturated rings. The highest BCUT2D eigenvalue weighted by molar-refractivity contribution is 4.98. The Hall–Kier alpha value is -0.980. The van der Waals surface area contributed by atoms with Crippen molar-refractivity contribution < 1.29 is 4.74 Å². The molecule has 0 aromatic carbocycles. The first kappa shape index (κ1) is 18.8. The van der Waals surface area contributed by atoms with Crippen LogP contribution in [-0.4, -0.2) is 71.4 Å². The lowest BCUT2D eigenvalue weighted by molar-refractivity contribution is 0.147. The molecule has 3 rings (SSSR count). The van der Waals surface area contributed by atoms with Gasteiger partial charge in [0.25, 0.3) is 0 Å². The van der Waals surface area contributed by atoms with Crippen molar-refractivity contribution in [1.29, 1.82) is 0 Å². The number of aromatic nitrogens is 3. The minimum atomic E-state index is 0.332. The van der Waals surface area contributed by atoms with Gasteiger partial charge in [0.05, 0.1) is 6.04 Å². The Morgan fingerprint density at radius 3 is 2.68 bits per heavy atom. The lowest BCUT2D eigenvalue weighted by Crippen LogP contribution is -2.35. The SMILES string of the molecule is COCCCN1CCN(CC2CCCCC2)CCC1c1n[nH]c(C)n1. The Morgan fingerprint density at radius 1 is 1.12 bits per heavy atom. The molecule has 6 heteroatoms. The normalized spacial score (nSPS) is 24.5. The van der Waals surface area contributed by atoms with Gasteiger partial charge >= 0.3 is 0 Å². The topological polar surface area (TPSA) is 57.3 Å². The van der Waals surface area contributed by atoms with E-state index in [0.717, 1.165) is 56.6 Å². The molecule has 2 heterocycles. The molecule has 0 bridgehead atoms. The van der Waals surface area contributed by atoms with E-state index in [0.29, 0.717) is 6.04 Å². The van der Waals surface area contributed by atoms with E-state index in [2.05, 4.69) is 25.0 Å². The van der Waals surface area contributed by atoms with Gasteiger partial charge < -0.3 is 9.64 Å². The number of hydrogen-bond acceptors (Lipinski definition) is 5. The molecule has 142 valence electrons. The van der Waals surface area contributed by atoms with Crippen LogP contribution in [0.25, 0.3) is 0 Å². The van der Waals surface area contributed by atoms with E-state index in [1.165, 1.54) is 45.2 Å². The molecule has 1 aliphatic carbocycles. The number of aryl methyl sites for hydroxylation is 1. The van der Waals surface area contributed by atoms with Crippen LogP contribution in [0.5, 0.6) is 0 Å². The third kappa shape index (κ3) is 5.50. The predicted octanol–water partition coefficient (Wildman–Crippen LogP) is 2.78. The fourth-order valence-electron chi connectivity index (χ4n) is 4.42. The van der Waals surface area contributed by atoms with Crippen molar-refractivity contribution >= 4 is 0 Å². The number of H-pyrrole nitrogens is 1. The monoisotopic (exact) mass is 349 g/mol. The molecule has 6 nitrogen and oxygen atoms in total. The van der Waals surface area contributed by atoms with Crippen molar-refractivity contribution in [3.05, 3.63) is 11.6 Å². The number of methoxy groups -OCH3 is 1. The van der Waals surface area contributed by atoms with Crippen LogP contribution in [0.3, 0.4) is 0 Å². The lowest BCUT2D eigenvalue weighted by Gasteiger charge is -2.29. The van der Waals surface area contributed by atoms with Gasteiger partial charge in [-0.25, -0.2) is 4.98 Å². The highest BCUT2D eigenvalue weighted by atomic mass is 16.5. The average molecular weight is 350 g/mol. The lowest BCUT2D eigenvalue weighted by atomic mass is 9.89. The predicted molar refractivity (Wildman–Crippen MR) is 99.6 cm³/mol. The Bertz CT molecular complexity index is 500. The summed E-state index contributed by atoms with van der Waals surface area (Å²) in [6.07, 6.45) is 9.35. The quantitative estimate of drug-likeness (QED) is 0.767. The summed E-state index contributed by atoms with van der Waals surface area (Å²) in [6.45, 7) is 8.59. The summed E-state index contributed by atoms with van der Waals surface area (Å²) in [7, 11) is 1.78. The van der Waals surface area contributed by atoms with Crippen LogP contribution in [0.4, 0.5) is 0 Å². The van der Waals surface area contributed by atoms with Gasteiger partial charge in [-0.15, -0.1) is 0 Å². The summed E-state index contributed by atoms with van der Waals surface area (Å²) in [5, 5.41) is 7.50. The number of rotatable bonds is 7. The molecule has 25 heavy (non-hydrogen) atoms. The molecule has 0 spiro atoms. The molecule has 1 unspecified atom stereocenters. The molecular formula is C19H35N5O. The second-order valence-corrected chi connectivity index (χ2v) is 7.77. The molecule has 0 amide bonds. The minimum Gasteiger partial charge on any atom is -0.385 e. The van der Waals surface area contributed by atoms with Gasteiger partial charge in [-0.2, -0.15) is 5.10 Å². The van der Waals surface area contributed by atoms with Crippen LogP contribution in [0, 0.1) is 12.8 Å². The Balaban J connectivity index is 1.61. The van der Waals surface area contributed by atoms with E-state index in [1.54, 1.807) is 7.11 Å². The van der Waals surface area contributed by atoms with E-state index < -0.39 is 0 Å². The van der Waals surface area contributed by atoms with Gasteiger partial charge in [-0.3, -0.25) is 10.00 Å². The maximum atomic E-state index is 5.26. The number of ether oxygens (including phenoxy) is 1. The number of nitrogens with zero attached hydrogens (tertiary/aromatic N) is 4. The zero-order valence-corrected chi connectivity index (χ0v) is 16.0. The third-order valence-corrected chi connectivity index (χ3v) is 5.81. The molecular weight excluding hydrogens is 314 g/mol. The van der Waals surface area contributed by atoms with Gasteiger partial charge in [0.1, 0.15) is 5.82 Å². The number of aromatic amines is 1. The Labute approximate surface area is 152 Å². The van der Waals surface area contributed by atoms with Gasteiger partial charge in [0, 0.05) is 46.4 Å². The molecule has 2 aliphatic rings. The molecule has 1 aromatic heterocycles. The maximum Gasteiger partial charge on any atom is 0.167 e. The third-order valence-electron chi connectivity index (χ3n) is 5.81. The molecule has 1 saturated heterocycles. The Kier molecular flexibility index (Phi) is 7.25. The summed E-state index contributed by atoms with van der Waals surface area (Å²) in [4.78, 5) is 9.90. The van der Waals surface area contributed by atoms with Crippen molar-refractivity contribution in [3.8, 4) is 0 Å². The Morgan fingerprint density at radius 2 is 1.96 bits per heavy atom. The number of nitrogens with one attached hydrogen (secondary N) is 1. The molecule has 1 saturated carbocycles. The van der Waals surface area contributed by atoms with Crippen molar-refractivity contribution in [2.75, 3.05) is 46.4 Å². The van der Waals surface area contributed by atoms with E-state index in [1.807, 2.05) is 6.92 Å². The van der Waals surface area contributed by atoms with Gasteiger partial charge in [0.2, 0.25) is 0 Å². The summed E-state index contributed by atoms with van der Waals surface area (Å²) in [6, 6.07) is 0.332. The zero-order valence-electron chi connectivity index (χ0n) is 16.0. The first-order valence-electron chi connectivity index (χ1n) is 10.1. The molecule has 1 aromatic rings. The largest absolute Gasteiger partial charge is 0.385 e. The van der Waals surface area contributed by atoms with Gasteiger partial charge in [-0.05, 0) is 38.5 Å². The fourth-order valence-corrected chi connectivity index (χ4v) is 4.42. The summed E-state index contributed by atoms with van der Waals surface area (Å²) < 4.78 is 5.26. The van der Waals surface area contributed by atoms with E-state index >= 15 is 0 Å². The van der Waals surface area contributed by atoms with Gasteiger partial charge in [0.15, 0.2) is 5.82 Å². The highest BCUT2D eigenvalue weighted by Gasteiger charge is 2.29.